The minimum atomic E-state index is -0.441. The van der Waals surface area contributed by atoms with Crippen LogP contribution < -0.4 is 0 Å². The number of ether oxygens (including phenoxy) is 1. The van der Waals surface area contributed by atoms with Gasteiger partial charge in [0.2, 0.25) is 5.76 Å². The Bertz CT molecular complexity index is 577. The fraction of sp³-hybridized carbons (Fsp3) is 0.429. The molecule has 0 N–H and O–H groups in total. The summed E-state index contributed by atoms with van der Waals surface area (Å²) in [6, 6.07) is 1.94. The molecule has 5 nitrogen and oxygen atoms in total. The lowest BCUT2D eigenvalue weighted by molar-refractivity contribution is 0.0558. The number of methoxy groups -OCH3 is 1. The van der Waals surface area contributed by atoms with Crippen LogP contribution in [0.5, 0.6) is 0 Å². The van der Waals surface area contributed by atoms with E-state index in [1.165, 1.54) is 7.11 Å². The van der Waals surface area contributed by atoms with Crippen molar-refractivity contribution in [3.63, 3.8) is 0 Å². The van der Waals surface area contributed by atoms with Gasteiger partial charge in [-0.1, -0.05) is 0 Å². The predicted octanol–water partition coefficient (Wildman–Crippen LogP) is 3.02. The summed E-state index contributed by atoms with van der Waals surface area (Å²) in [5, 5.41) is 3.01. The lowest BCUT2D eigenvalue weighted by Gasteiger charge is -2.21. The third-order valence-corrected chi connectivity index (χ3v) is 4.01. The molecular formula is C14H18N2O3S. The van der Waals surface area contributed by atoms with Crippen LogP contribution in [0.3, 0.4) is 0 Å². The summed E-state index contributed by atoms with van der Waals surface area (Å²) in [5.41, 5.74) is 0.793. The zero-order valence-electron chi connectivity index (χ0n) is 12.0. The maximum atomic E-state index is 11.6. The monoisotopic (exact) mass is 294 g/mol. The summed E-state index contributed by atoms with van der Waals surface area (Å²) < 4.78 is 10.3. The van der Waals surface area contributed by atoms with Crippen LogP contribution in [0, 0.1) is 6.92 Å². The molecule has 0 aromatic carbocycles. The number of aromatic nitrogens is 1. The van der Waals surface area contributed by atoms with Crippen molar-refractivity contribution < 1.29 is 13.9 Å². The Balaban J connectivity index is 2.12. The number of rotatable bonds is 5. The Morgan fingerprint density at radius 2 is 2.35 bits per heavy atom. The van der Waals surface area contributed by atoms with E-state index in [1.54, 1.807) is 17.5 Å². The van der Waals surface area contributed by atoms with E-state index in [-0.39, 0.29) is 11.8 Å². The van der Waals surface area contributed by atoms with E-state index >= 15 is 0 Å². The Kier molecular flexibility index (Phi) is 4.57. The summed E-state index contributed by atoms with van der Waals surface area (Å²) in [5.74, 6) is 0.586. The van der Waals surface area contributed by atoms with E-state index in [2.05, 4.69) is 9.88 Å². The van der Waals surface area contributed by atoms with Crippen molar-refractivity contribution in [2.45, 2.75) is 26.4 Å². The number of hydrogen-bond donors (Lipinski definition) is 0. The maximum absolute atomic E-state index is 11.6. The van der Waals surface area contributed by atoms with Crippen LogP contribution in [0.2, 0.25) is 0 Å². The standard InChI is InChI=1S/C14H18N2O3S/c1-9-7-11(19-13(9)14(17)18-4)10(2)16(3)8-12-15-5-6-20-12/h5-7,10H,8H2,1-4H3/t10-/m0/s1. The van der Waals surface area contributed by atoms with Gasteiger partial charge in [0.25, 0.3) is 0 Å². The number of aryl methyl sites for hydroxylation is 1. The zero-order chi connectivity index (χ0) is 14.7. The van der Waals surface area contributed by atoms with E-state index in [0.717, 1.165) is 22.9 Å². The molecular weight excluding hydrogens is 276 g/mol. The zero-order valence-corrected chi connectivity index (χ0v) is 12.9. The predicted molar refractivity (Wildman–Crippen MR) is 76.8 cm³/mol. The fourth-order valence-electron chi connectivity index (χ4n) is 1.91. The molecule has 108 valence electrons. The minimum absolute atomic E-state index is 0.0519. The van der Waals surface area contributed by atoms with E-state index < -0.39 is 5.97 Å². The maximum Gasteiger partial charge on any atom is 0.374 e. The molecule has 0 unspecified atom stereocenters. The van der Waals surface area contributed by atoms with Gasteiger partial charge < -0.3 is 9.15 Å². The van der Waals surface area contributed by atoms with Gasteiger partial charge in [0.15, 0.2) is 0 Å². The van der Waals surface area contributed by atoms with Crippen molar-refractivity contribution in [1.29, 1.82) is 0 Å². The van der Waals surface area contributed by atoms with Gasteiger partial charge in [-0.2, -0.15) is 0 Å². The van der Waals surface area contributed by atoms with Crippen LogP contribution in [0.4, 0.5) is 0 Å². The van der Waals surface area contributed by atoms with Gasteiger partial charge in [0, 0.05) is 17.1 Å². The summed E-state index contributed by atoms with van der Waals surface area (Å²) in [4.78, 5) is 18.0. The van der Waals surface area contributed by atoms with Gasteiger partial charge in [-0.05, 0) is 27.0 Å². The first kappa shape index (κ1) is 14.7. The van der Waals surface area contributed by atoms with E-state index in [9.17, 15) is 4.79 Å². The molecule has 0 spiro atoms. The lowest BCUT2D eigenvalue weighted by Crippen LogP contribution is -2.21. The summed E-state index contributed by atoms with van der Waals surface area (Å²) in [7, 11) is 3.35. The van der Waals surface area contributed by atoms with E-state index in [0.29, 0.717) is 0 Å². The van der Waals surface area contributed by atoms with E-state index in [4.69, 9.17) is 9.15 Å². The van der Waals surface area contributed by atoms with Gasteiger partial charge in [-0.15, -0.1) is 11.3 Å². The van der Waals surface area contributed by atoms with Gasteiger partial charge >= 0.3 is 5.97 Å². The second kappa shape index (κ2) is 6.19. The normalized spacial score (nSPS) is 12.7. The largest absolute Gasteiger partial charge is 0.463 e. The third kappa shape index (κ3) is 3.08. The molecule has 2 aromatic rings. The molecule has 20 heavy (non-hydrogen) atoms. The van der Waals surface area contributed by atoms with Crippen LogP contribution in [0.25, 0.3) is 0 Å². The molecule has 0 amide bonds. The number of furan rings is 1. The van der Waals surface area contributed by atoms with Crippen LogP contribution in [0.1, 0.15) is 39.9 Å². The summed E-state index contributed by atoms with van der Waals surface area (Å²) in [6.45, 7) is 4.62. The Hall–Kier alpha value is -1.66. The van der Waals surface area contributed by atoms with E-state index in [1.807, 2.05) is 32.3 Å². The Morgan fingerprint density at radius 3 is 2.95 bits per heavy atom. The van der Waals surface area contributed by atoms with Crippen molar-refractivity contribution in [2.75, 3.05) is 14.2 Å². The SMILES string of the molecule is COC(=O)c1oc([C@H](C)N(C)Cc2nccs2)cc1C. The van der Waals surface area contributed by atoms with Crippen LogP contribution >= 0.6 is 11.3 Å². The number of hydrogen-bond acceptors (Lipinski definition) is 6. The molecule has 0 radical (unpaired) electrons. The lowest BCUT2D eigenvalue weighted by atomic mass is 10.2. The van der Waals surface area contributed by atoms with Crippen LogP contribution in [0.15, 0.2) is 22.1 Å². The highest BCUT2D eigenvalue weighted by molar-refractivity contribution is 7.09. The molecule has 6 heteroatoms. The first-order valence-corrected chi connectivity index (χ1v) is 7.18. The molecule has 0 aliphatic rings. The first-order valence-electron chi connectivity index (χ1n) is 6.30. The smallest absolute Gasteiger partial charge is 0.374 e. The molecule has 0 aliphatic heterocycles. The van der Waals surface area contributed by atoms with Crippen LogP contribution in [-0.2, 0) is 11.3 Å². The van der Waals surface area contributed by atoms with Crippen molar-refractivity contribution in [2.24, 2.45) is 0 Å². The van der Waals surface area contributed by atoms with Gasteiger partial charge in [-0.25, -0.2) is 9.78 Å². The first-order chi connectivity index (χ1) is 9.52. The van der Waals surface area contributed by atoms with Crippen molar-refractivity contribution in [3.8, 4) is 0 Å². The number of carbonyl (C=O) groups is 1. The van der Waals surface area contributed by atoms with Gasteiger partial charge in [-0.3, -0.25) is 4.90 Å². The van der Waals surface area contributed by atoms with Crippen molar-refractivity contribution in [1.82, 2.24) is 9.88 Å². The fourth-order valence-corrected chi connectivity index (χ4v) is 2.59. The molecule has 0 aliphatic carbocycles. The number of nitrogens with zero attached hydrogens (tertiary/aromatic N) is 2. The Labute approximate surface area is 122 Å². The van der Waals surface area contributed by atoms with Gasteiger partial charge in [0.05, 0.1) is 19.7 Å². The van der Waals surface area contributed by atoms with Crippen LogP contribution in [-0.4, -0.2) is 30.0 Å². The number of thiazole rings is 1. The number of carbonyl (C=O) groups excluding carboxylic acids is 1. The molecule has 2 rings (SSSR count). The molecule has 2 heterocycles. The highest BCUT2D eigenvalue weighted by Crippen LogP contribution is 2.26. The molecule has 2 aromatic heterocycles. The quantitative estimate of drug-likeness (QED) is 0.793. The number of esters is 1. The Morgan fingerprint density at radius 1 is 1.60 bits per heavy atom. The topological polar surface area (TPSA) is 55.6 Å². The second-order valence-electron chi connectivity index (χ2n) is 4.67. The van der Waals surface area contributed by atoms with Gasteiger partial charge in [0.1, 0.15) is 10.8 Å². The summed E-state index contributed by atoms with van der Waals surface area (Å²) >= 11 is 1.62. The third-order valence-electron chi connectivity index (χ3n) is 3.25. The van der Waals surface area contributed by atoms with Crippen molar-refractivity contribution >= 4 is 17.3 Å². The molecule has 0 saturated heterocycles. The van der Waals surface area contributed by atoms with Crippen molar-refractivity contribution in [3.05, 3.63) is 39.7 Å². The molecule has 1 atom stereocenters. The molecule has 0 fully saturated rings. The minimum Gasteiger partial charge on any atom is -0.463 e. The average Bonchev–Trinajstić information content (AvgIpc) is 3.06. The average molecular weight is 294 g/mol. The molecule has 0 bridgehead atoms. The molecule has 0 saturated carbocycles. The summed E-state index contributed by atoms with van der Waals surface area (Å²) in [6.07, 6.45) is 1.80. The highest BCUT2D eigenvalue weighted by Gasteiger charge is 2.21. The highest BCUT2D eigenvalue weighted by atomic mass is 32.1. The second-order valence-corrected chi connectivity index (χ2v) is 5.65.